The lowest BCUT2D eigenvalue weighted by Crippen LogP contribution is -2.29. The monoisotopic (exact) mass is 436 g/mol. The summed E-state index contributed by atoms with van der Waals surface area (Å²) in [4.78, 5) is 23.6. The topological polar surface area (TPSA) is 92.8 Å². The number of benzene rings is 3. The summed E-state index contributed by atoms with van der Waals surface area (Å²) in [6.07, 6.45) is 0. The van der Waals surface area contributed by atoms with E-state index in [4.69, 9.17) is 4.74 Å². The van der Waals surface area contributed by atoms with E-state index in [-0.39, 0.29) is 19.7 Å². The number of amides is 1. The maximum atomic E-state index is 12.3. The van der Waals surface area contributed by atoms with E-state index in [0.717, 1.165) is 21.0 Å². The van der Waals surface area contributed by atoms with Gasteiger partial charge in [-0.3, -0.25) is 4.79 Å². The van der Waals surface area contributed by atoms with Crippen molar-refractivity contribution >= 4 is 22.1 Å². The zero-order valence-corrected chi connectivity index (χ0v) is 17.3. The quantitative estimate of drug-likeness (QED) is 0.600. The van der Waals surface area contributed by atoms with Gasteiger partial charge >= 0.3 is 16.2 Å². The second kappa shape index (κ2) is 8.71. The number of nitrogens with one attached hydrogen (secondary N) is 1. The van der Waals surface area contributed by atoms with Crippen molar-refractivity contribution in [1.82, 2.24) is 9.03 Å². The molecule has 0 unspecified atom stereocenters. The summed E-state index contributed by atoms with van der Waals surface area (Å²) in [5, 5.41) is 0. The normalized spacial score (nSPS) is 15.4. The number of carbonyl (C=O) groups excluding carboxylic acids is 2. The molecule has 1 amide bonds. The number of ether oxygens (including phenoxy) is 1. The van der Waals surface area contributed by atoms with E-state index < -0.39 is 22.1 Å². The fourth-order valence-corrected chi connectivity index (χ4v) is 4.32. The number of rotatable bonds is 6. The van der Waals surface area contributed by atoms with Crippen LogP contribution in [0, 0.1) is 0 Å². The van der Waals surface area contributed by atoms with Gasteiger partial charge in [0.1, 0.15) is 6.61 Å². The van der Waals surface area contributed by atoms with Crippen molar-refractivity contribution in [3.8, 4) is 11.1 Å². The first-order chi connectivity index (χ1) is 14.9. The number of carbonyl (C=O) groups is 2. The first-order valence-corrected chi connectivity index (χ1v) is 11.1. The summed E-state index contributed by atoms with van der Waals surface area (Å²) in [7, 11) is -3.78. The average molecular weight is 436 g/mol. The van der Waals surface area contributed by atoms with Crippen LogP contribution in [0.5, 0.6) is 0 Å². The first kappa shape index (κ1) is 20.8. The molecule has 158 valence electrons. The van der Waals surface area contributed by atoms with Crippen LogP contribution in [0.4, 0.5) is 0 Å². The third-order valence-corrected chi connectivity index (χ3v) is 6.31. The molecule has 0 atom stereocenters. The summed E-state index contributed by atoms with van der Waals surface area (Å²) in [5.41, 5.74) is 4.11. The molecule has 4 rings (SSSR count). The Morgan fingerprint density at radius 1 is 0.871 bits per heavy atom. The minimum absolute atomic E-state index is 0.0458. The van der Waals surface area contributed by atoms with E-state index in [0.29, 0.717) is 11.1 Å². The number of hydrogen-bond donors (Lipinski definition) is 1. The number of hydrogen-bond acceptors (Lipinski definition) is 5. The van der Waals surface area contributed by atoms with Gasteiger partial charge in [0.25, 0.3) is 0 Å². The van der Waals surface area contributed by atoms with Crippen LogP contribution in [-0.4, -0.2) is 31.1 Å². The minimum Gasteiger partial charge on any atom is -0.457 e. The third kappa shape index (κ3) is 4.99. The molecule has 1 fully saturated rings. The van der Waals surface area contributed by atoms with Gasteiger partial charge in [0.15, 0.2) is 0 Å². The van der Waals surface area contributed by atoms with Crippen LogP contribution in [0.3, 0.4) is 0 Å². The van der Waals surface area contributed by atoms with Crippen molar-refractivity contribution in [2.75, 3.05) is 6.54 Å². The van der Waals surface area contributed by atoms with Gasteiger partial charge in [-0.15, -0.1) is 0 Å². The van der Waals surface area contributed by atoms with Crippen LogP contribution in [0.2, 0.25) is 0 Å². The van der Waals surface area contributed by atoms with Gasteiger partial charge in [0, 0.05) is 6.54 Å². The van der Waals surface area contributed by atoms with Gasteiger partial charge in [-0.1, -0.05) is 66.7 Å². The Labute approximate surface area is 180 Å². The van der Waals surface area contributed by atoms with Crippen LogP contribution in [0.1, 0.15) is 21.5 Å². The lowest BCUT2D eigenvalue weighted by atomic mass is 10.0. The lowest BCUT2D eigenvalue weighted by Gasteiger charge is -2.12. The molecule has 1 aliphatic rings. The summed E-state index contributed by atoms with van der Waals surface area (Å²) < 4.78 is 31.9. The van der Waals surface area contributed by atoms with E-state index in [9.17, 15) is 18.0 Å². The fourth-order valence-electron chi connectivity index (χ4n) is 3.23. The largest absolute Gasteiger partial charge is 0.457 e. The molecule has 1 heterocycles. The van der Waals surface area contributed by atoms with Crippen LogP contribution < -0.4 is 4.72 Å². The van der Waals surface area contributed by atoms with Crippen LogP contribution >= 0.6 is 0 Å². The lowest BCUT2D eigenvalue weighted by molar-refractivity contribution is -0.118. The van der Waals surface area contributed by atoms with E-state index in [2.05, 4.69) is 0 Å². The molecule has 0 bridgehead atoms. The molecule has 0 spiro atoms. The molecule has 3 aromatic rings. The molecule has 0 aromatic heterocycles. The molecule has 1 N–H and O–H groups in total. The zero-order chi connectivity index (χ0) is 21.8. The number of esters is 1. The average Bonchev–Trinajstić information content (AvgIpc) is 3.04. The fraction of sp³-hybridized carbons (Fsp3) is 0.130. The van der Waals surface area contributed by atoms with Crippen LogP contribution in [-0.2, 0) is 32.9 Å². The van der Waals surface area contributed by atoms with Crippen molar-refractivity contribution in [1.29, 1.82) is 0 Å². The highest BCUT2D eigenvalue weighted by Gasteiger charge is 2.33. The molecule has 0 radical (unpaired) electrons. The highest BCUT2D eigenvalue weighted by molar-refractivity contribution is 7.88. The van der Waals surface area contributed by atoms with Gasteiger partial charge in [0.05, 0.1) is 12.1 Å². The Morgan fingerprint density at radius 3 is 2.10 bits per heavy atom. The molecule has 7 nitrogen and oxygen atoms in total. The molecule has 1 saturated heterocycles. The second-order valence-electron chi connectivity index (χ2n) is 7.13. The molecular weight excluding hydrogens is 416 g/mol. The molecule has 0 saturated carbocycles. The summed E-state index contributed by atoms with van der Waals surface area (Å²) in [6, 6.07) is 24.3. The molecular formula is C23H20N2O5S. The van der Waals surface area contributed by atoms with Crippen molar-refractivity contribution in [2.45, 2.75) is 13.2 Å². The van der Waals surface area contributed by atoms with E-state index in [1.807, 2.05) is 59.3 Å². The summed E-state index contributed by atoms with van der Waals surface area (Å²) in [5.74, 6) is -1.03. The van der Waals surface area contributed by atoms with Crippen molar-refractivity contribution < 1.29 is 22.7 Å². The van der Waals surface area contributed by atoms with E-state index in [1.165, 1.54) is 0 Å². The highest BCUT2D eigenvalue weighted by atomic mass is 32.2. The highest BCUT2D eigenvalue weighted by Crippen LogP contribution is 2.20. The summed E-state index contributed by atoms with van der Waals surface area (Å²) in [6.45, 7) is -0.0190. The van der Waals surface area contributed by atoms with Crippen molar-refractivity contribution in [3.05, 3.63) is 95.6 Å². The van der Waals surface area contributed by atoms with Crippen LogP contribution in [0.25, 0.3) is 11.1 Å². The van der Waals surface area contributed by atoms with Gasteiger partial charge in [0.2, 0.25) is 5.91 Å². The second-order valence-corrected chi connectivity index (χ2v) is 8.80. The zero-order valence-electron chi connectivity index (χ0n) is 16.5. The Hall–Kier alpha value is -3.49. The molecule has 3 aromatic carbocycles. The van der Waals surface area contributed by atoms with Gasteiger partial charge < -0.3 is 4.74 Å². The molecule has 1 aliphatic heterocycles. The Balaban J connectivity index is 1.33. The van der Waals surface area contributed by atoms with E-state index in [1.54, 1.807) is 24.3 Å². The number of nitrogens with zero attached hydrogens (tertiary/aromatic N) is 1. The summed E-state index contributed by atoms with van der Waals surface area (Å²) >= 11 is 0. The minimum atomic E-state index is -3.78. The third-order valence-electron chi connectivity index (χ3n) is 4.88. The standard InChI is InChI=1S/C23H20N2O5S/c26-22-15-25(31(28,29)24-22)14-17-6-12-21(13-7-17)23(27)30-16-18-8-10-20(11-9-18)19-4-2-1-3-5-19/h1-13H,14-16H2,(H,24,26). The molecule has 8 heteroatoms. The first-order valence-electron chi connectivity index (χ1n) is 9.62. The Kier molecular flexibility index (Phi) is 5.83. The Bertz CT molecular complexity index is 1190. The maximum absolute atomic E-state index is 12.3. The maximum Gasteiger partial charge on any atom is 0.338 e. The van der Waals surface area contributed by atoms with Gasteiger partial charge in [-0.05, 0) is 34.4 Å². The smallest absolute Gasteiger partial charge is 0.338 e. The molecule has 0 aliphatic carbocycles. The Morgan fingerprint density at radius 2 is 1.48 bits per heavy atom. The predicted molar refractivity (Wildman–Crippen MR) is 115 cm³/mol. The van der Waals surface area contributed by atoms with Crippen LogP contribution in [0.15, 0.2) is 78.9 Å². The van der Waals surface area contributed by atoms with Gasteiger partial charge in [-0.2, -0.15) is 12.7 Å². The van der Waals surface area contributed by atoms with Crippen molar-refractivity contribution in [2.24, 2.45) is 0 Å². The van der Waals surface area contributed by atoms with Gasteiger partial charge in [-0.25, -0.2) is 9.52 Å². The van der Waals surface area contributed by atoms with E-state index >= 15 is 0 Å². The molecule has 31 heavy (non-hydrogen) atoms. The SMILES string of the molecule is O=C1CN(Cc2ccc(C(=O)OCc3ccc(-c4ccccc4)cc3)cc2)S(=O)(=O)N1. The van der Waals surface area contributed by atoms with Crippen molar-refractivity contribution in [3.63, 3.8) is 0 Å². The predicted octanol–water partition coefficient (Wildman–Crippen LogP) is 2.89.